The van der Waals surface area contributed by atoms with Gasteiger partial charge in [-0.1, -0.05) is 12.6 Å². The van der Waals surface area contributed by atoms with E-state index in [4.69, 9.17) is 16.8 Å². The molecule has 0 radical (unpaired) electrons. The van der Waals surface area contributed by atoms with Crippen LogP contribution in [0.1, 0.15) is 6.42 Å². The number of rotatable bonds is 4. The molecule has 78 valence electrons. The van der Waals surface area contributed by atoms with Crippen molar-refractivity contribution in [1.29, 1.82) is 0 Å². The van der Waals surface area contributed by atoms with Gasteiger partial charge in [0, 0.05) is 6.42 Å². The zero-order valence-electron chi connectivity index (χ0n) is 7.60. The number of hydrogen-bond acceptors (Lipinski definition) is 3. The van der Waals surface area contributed by atoms with Crippen LogP contribution >= 0.6 is 24.8 Å². The average molecular weight is 244 g/mol. The third kappa shape index (κ3) is 6.39. The maximum absolute atomic E-state index is 10.4. The predicted octanol–water partition coefficient (Wildman–Crippen LogP) is 0.555. The van der Waals surface area contributed by atoms with Crippen LogP contribution in [0, 0.1) is 0 Å². The van der Waals surface area contributed by atoms with Crippen molar-refractivity contribution in [2.45, 2.75) is 6.42 Å². The lowest BCUT2D eigenvalue weighted by Gasteiger charge is -2.26. The van der Waals surface area contributed by atoms with Crippen molar-refractivity contribution in [3.63, 3.8) is 0 Å². The zero-order valence-corrected chi connectivity index (χ0v) is 10.1. The van der Waals surface area contributed by atoms with Gasteiger partial charge in [0.25, 0.3) is 10.1 Å². The first-order valence-electron chi connectivity index (χ1n) is 3.67. The van der Waals surface area contributed by atoms with E-state index in [1.165, 1.54) is 0 Å². The van der Waals surface area contributed by atoms with E-state index >= 15 is 0 Å². The smallest absolute Gasteiger partial charge is 0.265 e. The summed E-state index contributed by atoms with van der Waals surface area (Å²) < 4.78 is 30.1. The van der Waals surface area contributed by atoms with Gasteiger partial charge in [0.05, 0.1) is 26.4 Å². The summed E-state index contributed by atoms with van der Waals surface area (Å²) in [6.45, 7) is 0.544. The highest BCUT2D eigenvalue weighted by atomic mass is 32.2. The number of thiocarbonyl (C=S) groups is 1. The van der Waals surface area contributed by atoms with Gasteiger partial charge in [0.1, 0.15) is 0 Å². The quantitative estimate of drug-likeness (QED) is 0.328. The molecule has 0 aromatic carbocycles. The molecule has 0 spiro atoms. The van der Waals surface area contributed by atoms with Crippen molar-refractivity contribution in [3.05, 3.63) is 0 Å². The molecule has 4 nitrogen and oxygen atoms in total. The summed E-state index contributed by atoms with van der Waals surface area (Å²) in [5, 5.41) is 0. The van der Waals surface area contributed by atoms with Crippen LogP contribution in [-0.4, -0.2) is 48.2 Å². The van der Waals surface area contributed by atoms with Crippen LogP contribution in [0.4, 0.5) is 0 Å². The lowest BCUT2D eigenvalue weighted by Crippen LogP contribution is -2.43. The highest BCUT2D eigenvalue weighted by molar-refractivity contribution is 8.10. The van der Waals surface area contributed by atoms with E-state index in [1.807, 2.05) is 14.1 Å². The summed E-state index contributed by atoms with van der Waals surface area (Å²) in [5.74, 6) is -0.231. The second-order valence-corrected chi connectivity index (χ2v) is 6.02. The lowest BCUT2D eigenvalue weighted by atomic mass is 10.4. The van der Waals surface area contributed by atoms with Gasteiger partial charge >= 0.3 is 0 Å². The molecule has 0 aliphatic heterocycles. The van der Waals surface area contributed by atoms with E-state index in [0.29, 0.717) is 21.8 Å². The molecule has 0 saturated carbocycles. The van der Waals surface area contributed by atoms with Crippen molar-refractivity contribution in [1.82, 2.24) is 0 Å². The van der Waals surface area contributed by atoms with E-state index in [2.05, 4.69) is 12.6 Å². The Kier molecular flexibility index (Phi) is 4.81. The largest absolute Gasteiger partial charge is 0.286 e. The summed E-state index contributed by atoms with van der Waals surface area (Å²) in [7, 11) is -0.185. The Morgan fingerprint density at radius 3 is 2.31 bits per heavy atom. The van der Waals surface area contributed by atoms with Gasteiger partial charge in [0.2, 0.25) is 4.32 Å². The first-order valence-corrected chi connectivity index (χ1v) is 6.13. The molecule has 0 saturated heterocycles. The standard InChI is InChI=1S/C6H13NO3S3/c1-7(2,6(11)12)4-3-5-13(8,9)10/h3-5H2,1-2H3,(H-,8,9,10,11,12)/p+1. The molecule has 0 aromatic rings. The van der Waals surface area contributed by atoms with Gasteiger partial charge in [-0.3, -0.25) is 9.04 Å². The fourth-order valence-electron chi connectivity index (χ4n) is 0.738. The minimum atomic E-state index is -3.85. The van der Waals surface area contributed by atoms with Gasteiger partial charge < -0.3 is 0 Å². The van der Waals surface area contributed by atoms with E-state index in [9.17, 15) is 8.42 Å². The van der Waals surface area contributed by atoms with E-state index in [0.717, 1.165) is 0 Å². The first kappa shape index (κ1) is 13.3. The molecule has 7 heteroatoms. The van der Waals surface area contributed by atoms with Gasteiger partial charge in [-0.15, -0.1) is 0 Å². The lowest BCUT2D eigenvalue weighted by molar-refractivity contribution is -0.792. The monoisotopic (exact) mass is 244 g/mol. The first-order chi connectivity index (χ1) is 5.65. The Morgan fingerprint density at radius 2 is 2.00 bits per heavy atom. The fourth-order valence-corrected chi connectivity index (χ4v) is 1.42. The fraction of sp³-hybridized carbons (Fsp3) is 0.833. The van der Waals surface area contributed by atoms with Crippen molar-refractivity contribution in [2.75, 3.05) is 26.4 Å². The summed E-state index contributed by atoms with van der Waals surface area (Å²) in [6.07, 6.45) is 0.368. The molecular weight excluding hydrogens is 230 g/mol. The zero-order chi connectivity index (χ0) is 10.7. The summed E-state index contributed by atoms with van der Waals surface area (Å²) in [5.41, 5.74) is 0. The Balaban J connectivity index is 3.98. The molecule has 0 fully saturated rings. The molecule has 0 bridgehead atoms. The SMILES string of the molecule is C[N+](C)(CCCS(=O)(=O)O)C(=S)S. The number of thiol groups is 1. The number of quaternary nitrogens is 1. The molecule has 1 N–H and O–H groups in total. The second-order valence-electron chi connectivity index (χ2n) is 3.33. The normalized spacial score (nSPS) is 12.9. The molecule has 0 atom stereocenters. The predicted molar refractivity (Wildman–Crippen MR) is 59.6 cm³/mol. The van der Waals surface area contributed by atoms with Crippen LogP contribution in [0.15, 0.2) is 0 Å². The Bertz CT molecular complexity index is 283. The second kappa shape index (κ2) is 4.70. The average Bonchev–Trinajstić information content (AvgIpc) is 1.82. The molecule has 0 rings (SSSR count). The van der Waals surface area contributed by atoms with Crippen molar-refractivity contribution in [3.8, 4) is 0 Å². The topological polar surface area (TPSA) is 54.4 Å². The van der Waals surface area contributed by atoms with Crippen molar-refractivity contribution in [2.24, 2.45) is 0 Å². The Morgan fingerprint density at radius 1 is 1.54 bits per heavy atom. The van der Waals surface area contributed by atoms with Gasteiger partial charge in [-0.05, 0) is 12.2 Å². The van der Waals surface area contributed by atoms with E-state index in [1.54, 1.807) is 0 Å². The van der Waals surface area contributed by atoms with Crippen LogP contribution in [0.5, 0.6) is 0 Å². The highest BCUT2D eigenvalue weighted by Crippen LogP contribution is 2.06. The molecule has 0 unspecified atom stereocenters. The molecule has 0 aliphatic rings. The molecule has 13 heavy (non-hydrogen) atoms. The maximum atomic E-state index is 10.4. The summed E-state index contributed by atoms with van der Waals surface area (Å²) >= 11 is 8.88. The number of nitrogens with zero attached hydrogens (tertiary/aromatic N) is 1. The van der Waals surface area contributed by atoms with E-state index in [-0.39, 0.29) is 5.75 Å². The Hall–Kier alpha value is 0.310. The third-order valence-corrected chi connectivity index (χ3v) is 3.48. The molecule has 0 heterocycles. The van der Waals surface area contributed by atoms with Gasteiger partial charge in [-0.25, -0.2) is 0 Å². The summed E-state index contributed by atoms with van der Waals surface area (Å²) in [4.78, 5) is 0. The van der Waals surface area contributed by atoms with Crippen LogP contribution in [0.25, 0.3) is 0 Å². The minimum Gasteiger partial charge on any atom is -0.286 e. The molecule has 0 aliphatic carbocycles. The van der Waals surface area contributed by atoms with Gasteiger partial charge in [-0.2, -0.15) is 8.42 Å². The van der Waals surface area contributed by atoms with Crippen LogP contribution in [-0.2, 0) is 10.1 Å². The van der Waals surface area contributed by atoms with Crippen molar-refractivity contribution < 1.29 is 17.5 Å². The Labute approximate surface area is 89.7 Å². The maximum Gasteiger partial charge on any atom is 0.265 e. The minimum absolute atomic E-state index is 0.231. The van der Waals surface area contributed by atoms with Crippen molar-refractivity contribution >= 4 is 39.3 Å². The van der Waals surface area contributed by atoms with Crippen LogP contribution in [0.2, 0.25) is 0 Å². The third-order valence-electron chi connectivity index (χ3n) is 1.64. The van der Waals surface area contributed by atoms with Gasteiger partial charge in [0.15, 0.2) is 0 Å². The van der Waals surface area contributed by atoms with Crippen LogP contribution < -0.4 is 0 Å². The molecule has 0 amide bonds. The molecular formula is C6H14NO3S3+. The highest BCUT2D eigenvalue weighted by Gasteiger charge is 2.19. The summed E-state index contributed by atoms with van der Waals surface area (Å²) in [6, 6.07) is 0. The molecule has 0 aromatic heterocycles. The number of hydrogen-bond donors (Lipinski definition) is 2. The van der Waals surface area contributed by atoms with Crippen LogP contribution in [0.3, 0.4) is 0 Å². The van der Waals surface area contributed by atoms with E-state index < -0.39 is 10.1 Å².